The third-order valence-corrected chi connectivity index (χ3v) is 4.67. The van der Waals surface area contributed by atoms with Gasteiger partial charge in [0.25, 0.3) is 5.91 Å². The van der Waals surface area contributed by atoms with Gasteiger partial charge in [0, 0.05) is 25.2 Å². The summed E-state index contributed by atoms with van der Waals surface area (Å²) in [5.41, 5.74) is 2.62. The maximum atomic E-state index is 12.4. The minimum absolute atomic E-state index is 0.166. The molecule has 5 heteroatoms. The summed E-state index contributed by atoms with van der Waals surface area (Å²) in [6, 6.07) is 1.13. The highest BCUT2D eigenvalue weighted by Gasteiger charge is 2.32. The van der Waals surface area contributed by atoms with Crippen LogP contribution in [0.4, 0.5) is 0 Å². The van der Waals surface area contributed by atoms with Crippen LogP contribution >= 0.6 is 11.3 Å². The van der Waals surface area contributed by atoms with Crippen molar-refractivity contribution >= 4 is 17.2 Å². The van der Waals surface area contributed by atoms with Crippen molar-refractivity contribution in [3.8, 4) is 0 Å². The quantitative estimate of drug-likeness (QED) is 0.821. The van der Waals surface area contributed by atoms with Crippen LogP contribution in [0.1, 0.15) is 34.6 Å². The van der Waals surface area contributed by atoms with E-state index in [1.54, 1.807) is 5.51 Å². The molecule has 2 aliphatic heterocycles. The Morgan fingerprint density at radius 2 is 2.29 bits per heavy atom. The first-order valence-corrected chi connectivity index (χ1v) is 7.07. The predicted molar refractivity (Wildman–Crippen MR) is 67.3 cm³/mol. The molecule has 2 unspecified atom stereocenters. The lowest BCUT2D eigenvalue weighted by Crippen LogP contribution is -2.39. The topological polar surface area (TPSA) is 45.2 Å². The molecule has 3 rings (SSSR count). The number of hydrogen-bond donors (Lipinski definition) is 1. The number of rotatable bonds is 1. The summed E-state index contributed by atoms with van der Waals surface area (Å²) >= 11 is 1.46. The van der Waals surface area contributed by atoms with Gasteiger partial charge in [-0.25, -0.2) is 4.98 Å². The van der Waals surface area contributed by atoms with Gasteiger partial charge < -0.3 is 10.2 Å². The zero-order chi connectivity index (χ0) is 11.8. The van der Waals surface area contributed by atoms with E-state index in [4.69, 9.17) is 0 Å². The largest absolute Gasteiger partial charge is 0.336 e. The van der Waals surface area contributed by atoms with Crippen LogP contribution in [0.2, 0.25) is 0 Å². The first kappa shape index (κ1) is 11.2. The molecule has 2 atom stereocenters. The van der Waals surface area contributed by atoms with Crippen LogP contribution in [0.5, 0.6) is 0 Å². The number of likely N-dealkylation sites (tertiary alicyclic amines) is 1. The van der Waals surface area contributed by atoms with Crippen LogP contribution in [0.3, 0.4) is 0 Å². The van der Waals surface area contributed by atoms with E-state index in [9.17, 15) is 4.79 Å². The van der Waals surface area contributed by atoms with Gasteiger partial charge in [0.1, 0.15) is 4.88 Å². The number of aromatic nitrogens is 1. The van der Waals surface area contributed by atoms with Gasteiger partial charge in [-0.3, -0.25) is 4.79 Å². The van der Waals surface area contributed by atoms with Crippen LogP contribution < -0.4 is 5.32 Å². The lowest BCUT2D eigenvalue weighted by atomic mass is 10.1. The monoisotopic (exact) mass is 251 g/mol. The minimum Gasteiger partial charge on any atom is -0.336 e. The molecule has 1 aromatic rings. The molecule has 0 aromatic carbocycles. The maximum absolute atomic E-state index is 12.4. The average Bonchev–Trinajstić information content (AvgIpc) is 2.84. The fourth-order valence-electron chi connectivity index (χ4n) is 2.78. The zero-order valence-corrected chi connectivity index (χ0v) is 10.8. The summed E-state index contributed by atoms with van der Waals surface area (Å²) in [5, 5.41) is 3.59. The molecule has 0 aliphatic carbocycles. The highest BCUT2D eigenvalue weighted by molar-refractivity contribution is 7.11. The fraction of sp³-hybridized carbons (Fsp3) is 0.667. The number of aryl methyl sites for hydroxylation is 1. The highest BCUT2D eigenvalue weighted by Crippen LogP contribution is 2.23. The van der Waals surface area contributed by atoms with Crippen molar-refractivity contribution in [2.24, 2.45) is 0 Å². The maximum Gasteiger partial charge on any atom is 0.265 e. The second-order valence-corrected chi connectivity index (χ2v) is 5.80. The molecule has 1 N–H and O–H groups in total. The molecular formula is C12H17N3OS. The Labute approximate surface area is 105 Å². The molecule has 2 bridgehead atoms. The Morgan fingerprint density at radius 1 is 1.47 bits per heavy atom. The molecule has 2 saturated heterocycles. The van der Waals surface area contributed by atoms with Gasteiger partial charge in [-0.15, -0.1) is 11.3 Å². The van der Waals surface area contributed by atoms with E-state index < -0.39 is 0 Å². The van der Waals surface area contributed by atoms with Gasteiger partial charge in [0.05, 0.1) is 11.2 Å². The molecule has 4 nitrogen and oxygen atoms in total. The molecule has 0 radical (unpaired) electrons. The van der Waals surface area contributed by atoms with Crippen molar-refractivity contribution in [3.63, 3.8) is 0 Å². The highest BCUT2D eigenvalue weighted by atomic mass is 32.1. The first-order valence-electron chi connectivity index (χ1n) is 6.19. The van der Waals surface area contributed by atoms with E-state index in [-0.39, 0.29) is 5.91 Å². The van der Waals surface area contributed by atoms with Gasteiger partial charge in [-0.2, -0.15) is 0 Å². The third kappa shape index (κ3) is 2.09. The van der Waals surface area contributed by atoms with E-state index in [1.165, 1.54) is 24.2 Å². The second-order valence-electron chi connectivity index (χ2n) is 4.94. The Morgan fingerprint density at radius 3 is 3.06 bits per heavy atom. The van der Waals surface area contributed by atoms with Gasteiger partial charge in [0.15, 0.2) is 0 Å². The molecule has 2 fully saturated rings. The third-order valence-electron chi connectivity index (χ3n) is 3.75. The van der Waals surface area contributed by atoms with E-state index in [0.717, 1.165) is 30.1 Å². The Bertz CT molecular complexity index is 431. The molecular weight excluding hydrogens is 234 g/mol. The number of carbonyl (C=O) groups excluding carboxylic acids is 1. The van der Waals surface area contributed by atoms with E-state index in [0.29, 0.717) is 12.1 Å². The first-order chi connectivity index (χ1) is 8.24. The van der Waals surface area contributed by atoms with Crippen LogP contribution in [0.15, 0.2) is 5.51 Å². The number of amides is 1. The number of carbonyl (C=O) groups is 1. The van der Waals surface area contributed by atoms with Crippen LogP contribution in [-0.4, -0.2) is 41.0 Å². The van der Waals surface area contributed by atoms with Crippen molar-refractivity contribution in [1.82, 2.24) is 15.2 Å². The summed E-state index contributed by atoms with van der Waals surface area (Å²) in [6.45, 7) is 3.64. The summed E-state index contributed by atoms with van der Waals surface area (Å²) in [5.74, 6) is 0.166. The number of thiazole rings is 1. The number of fused-ring (bicyclic) bond motifs is 2. The molecule has 17 heavy (non-hydrogen) atoms. The van der Waals surface area contributed by atoms with Crippen LogP contribution in [0.25, 0.3) is 0 Å². The predicted octanol–water partition coefficient (Wildman–Crippen LogP) is 1.42. The molecule has 1 amide bonds. The summed E-state index contributed by atoms with van der Waals surface area (Å²) in [4.78, 5) is 19.3. The van der Waals surface area contributed by atoms with Crippen LogP contribution in [-0.2, 0) is 0 Å². The second kappa shape index (κ2) is 4.38. The van der Waals surface area contributed by atoms with Crippen molar-refractivity contribution in [1.29, 1.82) is 0 Å². The van der Waals surface area contributed by atoms with Crippen molar-refractivity contribution in [2.45, 2.75) is 38.3 Å². The van der Waals surface area contributed by atoms with Gasteiger partial charge in [0.2, 0.25) is 0 Å². The number of nitrogens with one attached hydrogen (secondary N) is 1. The smallest absolute Gasteiger partial charge is 0.265 e. The minimum atomic E-state index is 0.166. The summed E-state index contributed by atoms with van der Waals surface area (Å²) in [6.07, 6.45) is 3.56. The number of nitrogens with zero attached hydrogens (tertiary/aromatic N) is 2. The average molecular weight is 251 g/mol. The van der Waals surface area contributed by atoms with Gasteiger partial charge >= 0.3 is 0 Å². The molecule has 3 heterocycles. The number of hydrogen-bond acceptors (Lipinski definition) is 4. The normalized spacial score (nSPS) is 28.2. The summed E-state index contributed by atoms with van der Waals surface area (Å²) in [7, 11) is 0. The molecule has 92 valence electrons. The van der Waals surface area contributed by atoms with Crippen molar-refractivity contribution < 1.29 is 4.79 Å². The lowest BCUT2D eigenvalue weighted by molar-refractivity contribution is 0.0752. The molecule has 2 aliphatic rings. The van der Waals surface area contributed by atoms with Crippen LogP contribution in [0, 0.1) is 6.92 Å². The molecule has 0 saturated carbocycles. The van der Waals surface area contributed by atoms with E-state index >= 15 is 0 Å². The van der Waals surface area contributed by atoms with Crippen molar-refractivity contribution in [2.75, 3.05) is 13.1 Å². The van der Waals surface area contributed by atoms with Gasteiger partial charge in [-0.1, -0.05) is 0 Å². The van der Waals surface area contributed by atoms with Crippen molar-refractivity contribution in [3.05, 3.63) is 16.1 Å². The molecule has 0 spiro atoms. The Hall–Kier alpha value is -0.940. The Kier molecular flexibility index (Phi) is 2.88. The molecule has 1 aromatic heterocycles. The standard InChI is InChI=1S/C12H17N3OS/c1-8-11(17-7-13-8)12(16)15-5-4-9-2-3-10(6-15)14-9/h7,9-10,14H,2-6H2,1H3. The summed E-state index contributed by atoms with van der Waals surface area (Å²) < 4.78 is 0. The van der Waals surface area contributed by atoms with E-state index in [2.05, 4.69) is 10.3 Å². The SMILES string of the molecule is Cc1ncsc1C(=O)N1CCC2CCC(C1)N2. The zero-order valence-electron chi connectivity index (χ0n) is 9.98. The van der Waals surface area contributed by atoms with Gasteiger partial charge in [-0.05, 0) is 26.2 Å². The van der Waals surface area contributed by atoms with E-state index in [1.807, 2.05) is 11.8 Å². The lowest BCUT2D eigenvalue weighted by Gasteiger charge is -2.23. The Balaban J connectivity index is 1.76. The fourth-order valence-corrected chi connectivity index (χ4v) is 3.55.